The third-order valence-electron chi connectivity index (χ3n) is 6.17. The lowest BCUT2D eigenvalue weighted by molar-refractivity contribution is -0.169. The van der Waals surface area contributed by atoms with Crippen molar-refractivity contribution in [1.29, 1.82) is 0 Å². The Labute approximate surface area is 203 Å². The molecule has 1 amide bonds. The number of aromatic nitrogens is 1. The van der Waals surface area contributed by atoms with Gasteiger partial charge in [-0.3, -0.25) is 4.90 Å². The van der Waals surface area contributed by atoms with Crippen LogP contribution in [0, 0.1) is 0 Å². The standard InChI is InChI=1S/C24H34F3N3O5/c1-23(2,3)35-22(31)29(15-24(25,26)27)20-11-19(30-17-7-8-18(30)14-32-13-17)10-16(28-20)12-34-21-6-4-5-9-33-21/h10-11,17-18,21H,4-9,12-15H2,1-3H3. The highest BCUT2D eigenvalue weighted by Gasteiger charge is 2.40. The molecule has 3 fully saturated rings. The Bertz CT molecular complexity index is 870. The fourth-order valence-corrected chi connectivity index (χ4v) is 4.72. The lowest BCUT2D eigenvalue weighted by Crippen LogP contribution is -2.46. The summed E-state index contributed by atoms with van der Waals surface area (Å²) in [5, 5.41) is 0. The van der Waals surface area contributed by atoms with Gasteiger partial charge >= 0.3 is 12.3 Å². The van der Waals surface area contributed by atoms with E-state index in [1.165, 1.54) is 6.07 Å². The van der Waals surface area contributed by atoms with Gasteiger partial charge in [-0.1, -0.05) is 0 Å². The van der Waals surface area contributed by atoms with Gasteiger partial charge in [-0.25, -0.2) is 9.78 Å². The van der Waals surface area contributed by atoms with E-state index in [1.807, 2.05) is 6.07 Å². The third kappa shape index (κ3) is 6.98. The second-order valence-electron chi connectivity index (χ2n) is 10.3. The maximum Gasteiger partial charge on any atom is 0.416 e. The minimum atomic E-state index is -4.64. The SMILES string of the molecule is CC(C)(C)OC(=O)N(CC(F)(F)F)c1cc(N2C3CCC2COC3)cc(COC2CCCCO2)n1. The molecule has 3 saturated heterocycles. The van der Waals surface area contributed by atoms with Crippen LogP contribution in [0.2, 0.25) is 0 Å². The molecule has 0 saturated carbocycles. The van der Waals surface area contributed by atoms with Gasteiger partial charge in [0.15, 0.2) is 6.29 Å². The molecule has 0 aliphatic carbocycles. The van der Waals surface area contributed by atoms with Gasteiger partial charge in [0.25, 0.3) is 0 Å². The molecule has 3 aliphatic heterocycles. The largest absolute Gasteiger partial charge is 0.443 e. The first-order chi connectivity index (χ1) is 16.5. The Morgan fingerprint density at radius 2 is 1.86 bits per heavy atom. The monoisotopic (exact) mass is 501 g/mol. The number of morpholine rings is 1. The molecule has 0 N–H and O–H groups in total. The molecule has 11 heteroatoms. The lowest BCUT2D eigenvalue weighted by Gasteiger charge is -2.37. The molecule has 4 heterocycles. The molecule has 1 aromatic heterocycles. The van der Waals surface area contributed by atoms with Crippen LogP contribution in [0.25, 0.3) is 0 Å². The van der Waals surface area contributed by atoms with Crippen molar-refractivity contribution in [2.24, 2.45) is 0 Å². The zero-order chi connectivity index (χ0) is 25.2. The molecule has 2 bridgehead atoms. The van der Waals surface area contributed by atoms with Crippen LogP contribution in [0.1, 0.15) is 58.6 Å². The first-order valence-corrected chi connectivity index (χ1v) is 12.2. The number of anilines is 2. The van der Waals surface area contributed by atoms with E-state index in [0.29, 0.717) is 36.1 Å². The van der Waals surface area contributed by atoms with Crippen molar-refractivity contribution in [1.82, 2.24) is 4.98 Å². The highest BCUT2D eigenvalue weighted by molar-refractivity contribution is 5.87. The zero-order valence-corrected chi connectivity index (χ0v) is 20.5. The summed E-state index contributed by atoms with van der Waals surface area (Å²) in [5.41, 5.74) is 0.157. The molecule has 3 aliphatic rings. The summed E-state index contributed by atoms with van der Waals surface area (Å²) in [5.74, 6) is -0.122. The van der Waals surface area contributed by atoms with Crippen LogP contribution in [0.4, 0.5) is 29.5 Å². The molecule has 0 spiro atoms. The zero-order valence-electron chi connectivity index (χ0n) is 20.5. The summed E-state index contributed by atoms with van der Waals surface area (Å²) in [6.07, 6.45) is -1.55. The van der Waals surface area contributed by atoms with Crippen molar-refractivity contribution in [3.63, 3.8) is 0 Å². The van der Waals surface area contributed by atoms with Gasteiger partial charge in [0.05, 0.1) is 37.6 Å². The fraction of sp³-hybridized carbons (Fsp3) is 0.750. The number of fused-ring (bicyclic) bond motifs is 2. The first-order valence-electron chi connectivity index (χ1n) is 12.2. The van der Waals surface area contributed by atoms with Crippen LogP contribution in [0.5, 0.6) is 0 Å². The Balaban J connectivity index is 1.67. The van der Waals surface area contributed by atoms with E-state index < -0.39 is 24.4 Å². The molecular formula is C24H34F3N3O5. The van der Waals surface area contributed by atoms with E-state index in [1.54, 1.807) is 20.8 Å². The Kier molecular flexibility index (Phi) is 7.77. The molecule has 0 radical (unpaired) electrons. The Morgan fingerprint density at radius 1 is 1.14 bits per heavy atom. The number of hydrogen-bond donors (Lipinski definition) is 0. The second-order valence-corrected chi connectivity index (χ2v) is 10.3. The van der Waals surface area contributed by atoms with Crippen LogP contribution < -0.4 is 9.80 Å². The number of carbonyl (C=O) groups is 1. The number of rotatable bonds is 6. The average molecular weight is 502 g/mol. The number of nitrogens with zero attached hydrogens (tertiary/aromatic N) is 3. The quantitative estimate of drug-likeness (QED) is 0.555. The van der Waals surface area contributed by atoms with Crippen molar-refractivity contribution in [3.05, 3.63) is 17.8 Å². The molecule has 8 nitrogen and oxygen atoms in total. The highest BCUT2D eigenvalue weighted by atomic mass is 19.4. The number of alkyl halides is 3. The summed E-state index contributed by atoms with van der Waals surface area (Å²) in [6.45, 7) is 5.07. The Hall–Kier alpha value is -2.11. The third-order valence-corrected chi connectivity index (χ3v) is 6.17. The average Bonchev–Trinajstić information content (AvgIpc) is 3.03. The van der Waals surface area contributed by atoms with E-state index >= 15 is 0 Å². The topological polar surface area (TPSA) is 73.4 Å². The predicted octanol–water partition coefficient (Wildman–Crippen LogP) is 4.80. The van der Waals surface area contributed by atoms with Crippen molar-refractivity contribution >= 4 is 17.6 Å². The molecule has 35 heavy (non-hydrogen) atoms. The van der Waals surface area contributed by atoms with E-state index in [-0.39, 0.29) is 30.8 Å². The molecule has 196 valence electrons. The normalized spacial score (nSPS) is 25.0. The van der Waals surface area contributed by atoms with Crippen molar-refractivity contribution < 1.29 is 36.9 Å². The van der Waals surface area contributed by atoms with Crippen molar-refractivity contribution in [3.8, 4) is 0 Å². The summed E-state index contributed by atoms with van der Waals surface area (Å²) in [6, 6.07) is 3.60. The van der Waals surface area contributed by atoms with Crippen molar-refractivity contribution in [2.75, 3.05) is 36.2 Å². The number of hydrogen-bond acceptors (Lipinski definition) is 7. The van der Waals surface area contributed by atoms with Gasteiger partial charge in [-0.05, 0) is 58.9 Å². The van der Waals surface area contributed by atoms with Crippen LogP contribution in [0.15, 0.2) is 12.1 Å². The summed E-state index contributed by atoms with van der Waals surface area (Å²) in [7, 11) is 0. The second kappa shape index (κ2) is 10.5. The number of carbonyl (C=O) groups excluding carboxylic acids is 1. The summed E-state index contributed by atoms with van der Waals surface area (Å²) in [4.78, 5) is 20.0. The van der Waals surface area contributed by atoms with E-state index in [4.69, 9.17) is 18.9 Å². The highest BCUT2D eigenvalue weighted by Crippen LogP contribution is 2.36. The fourth-order valence-electron chi connectivity index (χ4n) is 4.72. The lowest BCUT2D eigenvalue weighted by atomic mass is 10.2. The van der Waals surface area contributed by atoms with Crippen LogP contribution in [0.3, 0.4) is 0 Å². The maximum atomic E-state index is 13.5. The van der Waals surface area contributed by atoms with Gasteiger partial charge in [-0.15, -0.1) is 0 Å². The van der Waals surface area contributed by atoms with Gasteiger partial charge in [0, 0.05) is 18.4 Å². The minimum absolute atomic E-state index is 0.0549. The summed E-state index contributed by atoms with van der Waals surface area (Å²) < 4.78 is 63.0. The number of ether oxygens (including phenoxy) is 4. The smallest absolute Gasteiger partial charge is 0.416 e. The van der Waals surface area contributed by atoms with Crippen molar-refractivity contribution in [2.45, 2.75) is 89.6 Å². The summed E-state index contributed by atoms with van der Waals surface area (Å²) >= 11 is 0. The molecule has 3 atom stereocenters. The molecule has 1 aromatic rings. The minimum Gasteiger partial charge on any atom is -0.443 e. The van der Waals surface area contributed by atoms with Gasteiger partial charge in [0.2, 0.25) is 0 Å². The number of pyridine rings is 1. The van der Waals surface area contributed by atoms with E-state index in [2.05, 4.69) is 9.88 Å². The number of amides is 1. The Morgan fingerprint density at radius 3 is 2.46 bits per heavy atom. The number of halogens is 3. The van der Waals surface area contributed by atoms with E-state index in [0.717, 1.165) is 32.1 Å². The molecule has 0 aromatic carbocycles. The van der Waals surface area contributed by atoms with Gasteiger partial charge in [-0.2, -0.15) is 13.2 Å². The molecule has 3 unspecified atom stereocenters. The van der Waals surface area contributed by atoms with Crippen LogP contribution >= 0.6 is 0 Å². The van der Waals surface area contributed by atoms with Crippen LogP contribution in [-0.2, 0) is 25.6 Å². The predicted molar refractivity (Wildman–Crippen MR) is 122 cm³/mol. The van der Waals surface area contributed by atoms with Gasteiger partial charge in [0.1, 0.15) is 18.0 Å². The molecule has 4 rings (SSSR count). The van der Waals surface area contributed by atoms with Gasteiger partial charge < -0.3 is 23.8 Å². The first kappa shape index (κ1) is 26.0. The maximum absolute atomic E-state index is 13.5. The molecular weight excluding hydrogens is 467 g/mol. The van der Waals surface area contributed by atoms with E-state index in [9.17, 15) is 18.0 Å². The van der Waals surface area contributed by atoms with Crippen LogP contribution in [-0.4, -0.2) is 67.6 Å².